The topological polar surface area (TPSA) is 60.9 Å². The van der Waals surface area contributed by atoms with E-state index < -0.39 is 28.8 Å². The van der Waals surface area contributed by atoms with Gasteiger partial charge in [0, 0.05) is 0 Å². The van der Waals surface area contributed by atoms with Crippen molar-refractivity contribution in [2.24, 2.45) is 0 Å². The second-order valence-corrected chi connectivity index (χ2v) is 8.30. The number of hydrazine groups is 1. The first-order valence-electron chi connectivity index (χ1n) is 8.92. The van der Waals surface area contributed by atoms with E-state index in [9.17, 15) is 27.9 Å². The molecule has 1 aromatic carbocycles. The number of nitrogens with zero attached hydrogens (tertiary/aromatic N) is 2. The molecule has 8 heteroatoms. The van der Waals surface area contributed by atoms with Gasteiger partial charge in [0.05, 0.1) is 22.6 Å². The van der Waals surface area contributed by atoms with Gasteiger partial charge in [0.1, 0.15) is 0 Å². The molecular formula is C19H23F3N2O3. The second-order valence-electron chi connectivity index (χ2n) is 8.30. The highest BCUT2D eigenvalue weighted by Gasteiger charge is 2.56. The first-order chi connectivity index (χ1) is 12.4. The predicted octanol–water partition coefficient (Wildman–Crippen LogP) is 4.42. The number of amides is 2. The molecule has 4 rings (SSSR count). The van der Waals surface area contributed by atoms with Gasteiger partial charge in [-0.1, -0.05) is 12.1 Å². The van der Waals surface area contributed by atoms with Crippen LogP contribution >= 0.6 is 0 Å². The number of alkyl halides is 3. The fourth-order valence-corrected chi connectivity index (χ4v) is 4.29. The van der Waals surface area contributed by atoms with Crippen LogP contribution in [-0.2, 0) is 16.4 Å². The summed E-state index contributed by atoms with van der Waals surface area (Å²) in [5, 5.41) is 12.1. The van der Waals surface area contributed by atoms with E-state index in [2.05, 4.69) is 0 Å². The van der Waals surface area contributed by atoms with E-state index in [0.717, 1.165) is 17.1 Å². The second kappa shape index (κ2) is 6.14. The van der Waals surface area contributed by atoms with Crippen LogP contribution in [0.4, 0.5) is 18.0 Å². The zero-order chi connectivity index (χ0) is 20.2. The van der Waals surface area contributed by atoms with E-state index in [4.69, 9.17) is 0 Å². The van der Waals surface area contributed by atoms with E-state index in [1.807, 2.05) is 0 Å². The van der Waals surface area contributed by atoms with Crippen molar-refractivity contribution in [3.8, 4) is 0 Å². The first kappa shape index (κ1) is 19.5. The van der Waals surface area contributed by atoms with Gasteiger partial charge in [-0.15, -0.1) is 0 Å². The lowest BCUT2D eigenvalue weighted by Gasteiger charge is -2.56. The van der Waals surface area contributed by atoms with Gasteiger partial charge in [-0.2, -0.15) is 13.2 Å². The van der Waals surface area contributed by atoms with E-state index >= 15 is 0 Å². The molecule has 5 nitrogen and oxygen atoms in total. The Bertz CT molecular complexity index is 745. The number of piperidine rings is 2. The first-order valence-corrected chi connectivity index (χ1v) is 8.92. The van der Waals surface area contributed by atoms with Crippen molar-refractivity contribution >= 4 is 12.0 Å². The Morgan fingerprint density at radius 3 is 2.07 bits per heavy atom. The molecule has 0 spiro atoms. The number of carboxylic acid groups (broad SMARTS) is 1. The molecule has 2 heterocycles. The molecule has 27 heavy (non-hydrogen) atoms. The molecule has 2 aliphatic heterocycles. The molecule has 3 aliphatic rings. The van der Waals surface area contributed by atoms with Crippen molar-refractivity contribution in [3.05, 3.63) is 35.4 Å². The summed E-state index contributed by atoms with van der Waals surface area (Å²) < 4.78 is 38.6. The van der Waals surface area contributed by atoms with Gasteiger partial charge in [-0.05, 0) is 64.2 Å². The zero-order valence-electron chi connectivity index (χ0n) is 15.5. The van der Waals surface area contributed by atoms with Crippen LogP contribution in [0.1, 0.15) is 57.6 Å². The summed E-state index contributed by atoms with van der Waals surface area (Å²) in [6.07, 6.45) is -3.40. The van der Waals surface area contributed by atoms with Crippen molar-refractivity contribution < 1.29 is 27.9 Å². The third-order valence-electron chi connectivity index (χ3n) is 5.57. The van der Waals surface area contributed by atoms with Crippen LogP contribution in [0.3, 0.4) is 0 Å². The molecule has 2 amide bonds. The zero-order valence-corrected chi connectivity index (χ0v) is 15.5. The smallest absolute Gasteiger partial charge is 0.426 e. The van der Waals surface area contributed by atoms with Crippen LogP contribution in [0, 0.1) is 0 Å². The maximum Gasteiger partial charge on any atom is 0.426 e. The fraction of sp³-hybridized carbons (Fsp3) is 0.579. The largest absolute Gasteiger partial charge is 0.464 e. The molecule has 1 aromatic rings. The van der Waals surface area contributed by atoms with Crippen molar-refractivity contribution in [2.75, 3.05) is 0 Å². The van der Waals surface area contributed by atoms with Crippen LogP contribution < -0.4 is 0 Å². The number of carbonyl (C=O) groups excluding carboxylic acids is 1. The molecule has 3 fully saturated rings. The van der Waals surface area contributed by atoms with Crippen LogP contribution in [0.2, 0.25) is 0 Å². The Balaban J connectivity index is 2.01. The highest BCUT2D eigenvalue weighted by Crippen LogP contribution is 2.49. The number of benzene rings is 1. The molecule has 1 aliphatic carbocycles. The number of hydrogen-bond donors (Lipinski definition) is 1. The van der Waals surface area contributed by atoms with Crippen LogP contribution in [-0.4, -0.2) is 38.7 Å². The maximum atomic E-state index is 13.4. The quantitative estimate of drug-likeness (QED) is 0.821. The number of carbonyl (C=O) groups is 2. The summed E-state index contributed by atoms with van der Waals surface area (Å²) in [6.45, 7) is 5.13. The molecule has 2 saturated heterocycles. The lowest BCUT2D eigenvalue weighted by atomic mass is 9.64. The monoisotopic (exact) mass is 384 g/mol. The molecule has 1 N–H and O–H groups in total. The molecule has 1 saturated carbocycles. The van der Waals surface area contributed by atoms with Gasteiger partial charge in [0.25, 0.3) is 5.91 Å². The minimum atomic E-state index is -4.44. The number of hydrogen-bond acceptors (Lipinski definition) is 2. The molecule has 0 aromatic heterocycles. The predicted molar refractivity (Wildman–Crippen MR) is 91.8 cm³/mol. The summed E-state index contributed by atoms with van der Waals surface area (Å²) >= 11 is 0. The average molecular weight is 384 g/mol. The molecule has 0 unspecified atom stereocenters. The molecule has 2 bridgehead atoms. The fourth-order valence-electron chi connectivity index (χ4n) is 4.29. The van der Waals surface area contributed by atoms with Crippen molar-refractivity contribution in [3.63, 3.8) is 0 Å². The maximum absolute atomic E-state index is 13.4. The summed E-state index contributed by atoms with van der Waals surface area (Å²) in [4.78, 5) is 25.3. The lowest BCUT2D eigenvalue weighted by molar-refractivity contribution is -0.184. The number of rotatable bonds is 2. The average Bonchev–Trinajstić information content (AvgIpc) is 2.56. The van der Waals surface area contributed by atoms with Gasteiger partial charge in [0.2, 0.25) is 0 Å². The molecular weight excluding hydrogens is 361 g/mol. The van der Waals surface area contributed by atoms with Gasteiger partial charge in [-0.25, -0.2) is 14.8 Å². The summed E-state index contributed by atoms with van der Waals surface area (Å²) in [5.74, 6) is -0.345. The highest BCUT2D eigenvalue weighted by molar-refractivity contribution is 5.91. The lowest BCUT2D eigenvalue weighted by Crippen LogP contribution is -2.69. The standard InChI is InChI=1S/C19H23F3N2O3/c1-17(2,3)24(16(26)27)23-14-8-10-18(11-9-14,15(23)25)12-4-6-13(7-5-12)19(20,21)22/h4-7,14H,8-11H2,1-3H3,(H,26,27). The summed E-state index contributed by atoms with van der Waals surface area (Å²) in [7, 11) is 0. The number of fused-ring (bicyclic) bond motifs is 3. The highest BCUT2D eigenvalue weighted by atomic mass is 19.4. The van der Waals surface area contributed by atoms with Crippen molar-refractivity contribution in [1.82, 2.24) is 10.0 Å². The Morgan fingerprint density at radius 1 is 1.15 bits per heavy atom. The molecule has 0 radical (unpaired) electrons. The normalized spacial score (nSPS) is 25.6. The van der Waals surface area contributed by atoms with Gasteiger partial charge >= 0.3 is 12.3 Å². The van der Waals surface area contributed by atoms with Crippen LogP contribution in [0.5, 0.6) is 0 Å². The van der Waals surface area contributed by atoms with Crippen molar-refractivity contribution in [1.29, 1.82) is 0 Å². The van der Waals surface area contributed by atoms with E-state index in [0.29, 0.717) is 31.2 Å². The number of halogens is 3. The third-order valence-corrected chi connectivity index (χ3v) is 5.57. The van der Waals surface area contributed by atoms with E-state index in [-0.39, 0.29) is 11.9 Å². The minimum Gasteiger partial charge on any atom is -0.464 e. The third kappa shape index (κ3) is 3.15. The Kier molecular flexibility index (Phi) is 4.44. The van der Waals surface area contributed by atoms with Crippen LogP contribution in [0.15, 0.2) is 24.3 Å². The Labute approximate surface area is 155 Å². The minimum absolute atomic E-state index is 0.204. The van der Waals surface area contributed by atoms with Gasteiger partial charge in [-0.3, -0.25) is 4.79 Å². The van der Waals surface area contributed by atoms with Gasteiger partial charge in [0.15, 0.2) is 0 Å². The summed E-state index contributed by atoms with van der Waals surface area (Å²) in [5.41, 5.74) is -2.04. The Hall–Kier alpha value is -2.25. The molecule has 148 valence electrons. The van der Waals surface area contributed by atoms with Crippen LogP contribution in [0.25, 0.3) is 0 Å². The van der Waals surface area contributed by atoms with Crippen molar-refractivity contribution in [2.45, 2.75) is 69.6 Å². The molecule has 0 atom stereocenters. The Morgan fingerprint density at radius 2 is 1.67 bits per heavy atom. The van der Waals surface area contributed by atoms with E-state index in [1.54, 1.807) is 20.8 Å². The summed E-state index contributed by atoms with van der Waals surface area (Å²) in [6, 6.07) is 4.48. The van der Waals surface area contributed by atoms with Gasteiger partial charge < -0.3 is 5.11 Å². The van der Waals surface area contributed by atoms with E-state index in [1.165, 1.54) is 17.1 Å². The SMILES string of the molecule is CC(C)(C)N(C(=O)O)N1C(=O)C2(c3ccc(C(F)(F)F)cc3)CCC1CC2.